The molecule has 0 radical (unpaired) electrons. The molecule has 1 saturated heterocycles. The molecule has 126 valence electrons. The fourth-order valence-corrected chi connectivity index (χ4v) is 4.16. The number of fused-ring (bicyclic) bond motifs is 1. The normalized spacial score (nSPS) is 17.7. The van der Waals surface area contributed by atoms with Crippen molar-refractivity contribution in [2.75, 3.05) is 11.7 Å². The lowest BCUT2D eigenvalue weighted by Gasteiger charge is -2.14. The van der Waals surface area contributed by atoms with Gasteiger partial charge in [-0.05, 0) is 51.8 Å². The van der Waals surface area contributed by atoms with E-state index in [-0.39, 0.29) is 18.5 Å². The molecule has 0 N–H and O–H groups in total. The van der Waals surface area contributed by atoms with Crippen molar-refractivity contribution in [3.05, 3.63) is 57.2 Å². The average molecular weight is 438 g/mol. The molecule has 0 bridgehead atoms. The van der Waals surface area contributed by atoms with Gasteiger partial charge in [-0.3, -0.25) is 9.69 Å². The zero-order chi connectivity index (χ0) is 17.6. The van der Waals surface area contributed by atoms with Crippen molar-refractivity contribution in [2.24, 2.45) is 0 Å². The second kappa shape index (κ2) is 6.44. The first-order chi connectivity index (χ1) is 12.0. The van der Waals surface area contributed by atoms with Crippen LogP contribution in [0.4, 0.5) is 10.1 Å². The number of carbonyl (C=O) groups excluding carboxylic acids is 1. The van der Waals surface area contributed by atoms with Crippen LogP contribution in [0, 0.1) is 5.82 Å². The van der Waals surface area contributed by atoms with Crippen LogP contribution in [-0.2, 0) is 4.79 Å². The largest absolute Gasteiger partial charge is 0.454 e. The van der Waals surface area contributed by atoms with Gasteiger partial charge in [-0.25, -0.2) is 4.39 Å². The second-order valence-corrected chi connectivity index (χ2v) is 7.76. The SMILES string of the molecule is O=C1/C(=C/c2ccc(F)c(Br)c2)SC(=S)N1c1ccc2c(c1)OCO2. The highest BCUT2D eigenvalue weighted by atomic mass is 79.9. The van der Waals surface area contributed by atoms with E-state index in [1.807, 2.05) is 0 Å². The van der Waals surface area contributed by atoms with Crippen molar-refractivity contribution in [2.45, 2.75) is 0 Å². The zero-order valence-electron chi connectivity index (χ0n) is 12.5. The highest BCUT2D eigenvalue weighted by Crippen LogP contribution is 2.40. The van der Waals surface area contributed by atoms with Crippen molar-refractivity contribution in [1.29, 1.82) is 0 Å². The third-order valence-electron chi connectivity index (χ3n) is 3.65. The number of thiocarbonyl (C=S) groups is 1. The van der Waals surface area contributed by atoms with E-state index in [0.717, 1.165) is 0 Å². The van der Waals surface area contributed by atoms with E-state index in [2.05, 4.69) is 15.9 Å². The topological polar surface area (TPSA) is 38.8 Å². The molecular formula is C17H9BrFNO3S2. The molecule has 2 aromatic rings. The predicted octanol–water partition coefficient (Wildman–Crippen LogP) is 4.72. The molecule has 1 amide bonds. The smallest absolute Gasteiger partial charge is 0.270 e. The predicted molar refractivity (Wildman–Crippen MR) is 102 cm³/mol. The molecule has 4 rings (SSSR count). The van der Waals surface area contributed by atoms with Crippen LogP contribution < -0.4 is 14.4 Å². The van der Waals surface area contributed by atoms with Gasteiger partial charge in [0.15, 0.2) is 15.8 Å². The minimum absolute atomic E-state index is 0.163. The monoisotopic (exact) mass is 437 g/mol. The van der Waals surface area contributed by atoms with Gasteiger partial charge in [-0.2, -0.15) is 0 Å². The molecule has 0 aliphatic carbocycles. The molecule has 0 unspecified atom stereocenters. The molecule has 0 aromatic heterocycles. The maximum Gasteiger partial charge on any atom is 0.270 e. The fraction of sp³-hybridized carbons (Fsp3) is 0.0588. The quantitative estimate of drug-likeness (QED) is 0.501. The highest BCUT2D eigenvalue weighted by Gasteiger charge is 2.34. The Bertz CT molecular complexity index is 947. The number of amides is 1. The number of benzene rings is 2. The molecule has 25 heavy (non-hydrogen) atoms. The fourth-order valence-electron chi connectivity index (χ4n) is 2.47. The van der Waals surface area contributed by atoms with Crippen LogP contribution in [0.3, 0.4) is 0 Å². The summed E-state index contributed by atoms with van der Waals surface area (Å²) < 4.78 is 24.8. The first-order valence-corrected chi connectivity index (χ1v) is 9.17. The number of thioether (sulfide) groups is 1. The van der Waals surface area contributed by atoms with Crippen LogP contribution in [0.2, 0.25) is 0 Å². The first kappa shape index (κ1) is 16.6. The summed E-state index contributed by atoms with van der Waals surface area (Å²) in [6.07, 6.45) is 1.69. The number of halogens is 2. The molecule has 4 nitrogen and oxygen atoms in total. The summed E-state index contributed by atoms with van der Waals surface area (Å²) in [7, 11) is 0. The summed E-state index contributed by atoms with van der Waals surface area (Å²) in [5.41, 5.74) is 1.33. The number of nitrogens with zero attached hydrogens (tertiary/aromatic N) is 1. The van der Waals surface area contributed by atoms with E-state index in [9.17, 15) is 9.18 Å². The van der Waals surface area contributed by atoms with Crippen LogP contribution in [-0.4, -0.2) is 17.0 Å². The Labute approximate surface area is 160 Å². The van der Waals surface area contributed by atoms with E-state index in [0.29, 0.717) is 36.4 Å². The molecule has 2 aromatic carbocycles. The number of hydrogen-bond donors (Lipinski definition) is 0. The summed E-state index contributed by atoms with van der Waals surface area (Å²) >= 11 is 9.70. The van der Waals surface area contributed by atoms with Crippen LogP contribution in [0.5, 0.6) is 11.5 Å². The summed E-state index contributed by atoms with van der Waals surface area (Å²) in [6, 6.07) is 9.79. The number of anilines is 1. The molecule has 8 heteroatoms. The molecule has 2 aliphatic rings. The van der Waals surface area contributed by atoms with Gasteiger partial charge in [-0.15, -0.1) is 0 Å². The molecule has 0 spiro atoms. The third kappa shape index (κ3) is 3.05. The minimum atomic E-state index is -0.356. The maximum absolute atomic E-state index is 13.4. The molecule has 2 aliphatic heterocycles. The molecule has 0 saturated carbocycles. The zero-order valence-corrected chi connectivity index (χ0v) is 15.7. The summed E-state index contributed by atoms with van der Waals surface area (Å²) in [5, 5.41) is 0. The van der Waals surface area contributed by atoms with E-state index in [1.165, 1.54) is 22.7 Å². The van der Waals surface area contributed by atoms with Gasteiger partial charge in [0.1, 0.15) is 5.82 Å². The van der Waals surface area contributed by atoms with E-state index in [1.54, 1.807) is 36.4 Å². The van der Waals surface area contributed by atoms with Gasteiger partial charge < -0.3 is 9.47 Å². The lowest BCUT2D eigenvalue weighted by Crippen LogP contribution is -2.27. The van der Waals surface area contributed by atoms with Gasteiger partial charge >= 0.3 is 0 Å². The lowest BCUT2D eigenvalue weighted by molar-refractivity contribution is -0.113. The van der Waals surface area contributed by atoms with Gasteiger partial charge in [0.05, 0.1) is 15.1 Å². The second-order valence-electron chi connectivity index (χ2n) is 5.23. The van der Waals surface area contributed by atoms with Crippen molar-refractivity contribution in [3.63, 3.8) is 0 Å². The van der Waals surface area contributed by atoms with Gasteiger partial charge in [0, 0.05) is 6.07 Å². The Morgan fingerprint density at radius 1 is 1.20 bits per heavy atom. The number of ether oxygens (including phenoxy) is 2. The van der Waals surface area contributed by atoms with Crippen molar-refractivity contribution >= 4 is 61.9 Å². The van der Waals surface area contributed by atoms with Crippen LogP contribution in [0.15, 0.2) is 45.8 Å². The highest BCUT2D eigenvalue weighted by molar-refractivity contribution is 9.10. The molecular weight excluding hydrogens is 429 g/mol. The summed E-state index contributed by atoms with van der Waals surface area (Å²) in [6.45, 7) is 0.163. The minimum Gasteiger partial charge on any atom is -0.454 e. The van der Waals surface area contributed by atoms with Crippen molar-refractivity contribution in [1.82, 2.24) is 0 Å². The Morgan fingerprint density at radius 3 is 2.80 bits per heavy atom. The van der Waals surface area contributed by atoms with Crippen LogP contribution >= 0.6 is 39.9 Å². The Hall–Kier alpha value is -1.90. The van der Waals surface area contributed by atoms with E-state index >= 15 is 0 Å². The standard InChI is InChI=1S/C17H9BrFNO3S2/c18-11-5-9(1-3-12(11)19)6-15-16(21)20(17(24)25-15)10-2-4-13-14(7-10)23-8-22-13/h1-7H,8H2/b15-6-. The van der Waals surface area contributed by atoms with Gasteiger partial charge in [0.25, 0.3) is 5.91 Å². The van der Waals surface area contributed by atoms with Crippen LogP contribution in [0.25, 0.3) is 6.08 Å². The van der Waals surface area contributed by atoms with Crippen molar-refractivity contribution < 1.29 is 18.7 Å². The van der Waals surface area contributed by atoms with E-state index in [4.69, 9.17) is 21.7 Å². The van der Waals surface area contributed by atoms with Crippen molar-refractivity contribution in [3.8, 4) is 11.5 Å². The number of hydrogen-bond acceptors (Lipinski definition) is 5. The maximum atomic E-state index is 13.4. The number of carbonyl (C=O) groups is 1. The summed E-state index contributed by atoms with van der Waals surface area (Å²) in [4.78, 5) is 14.7. The number of rotatable bonds is 2. The van der Waals surface area contributed by atoms with Gasteiger partial charge in [-0.1, -0.05) is 30.0 Å². The Balaban J connectivity index is 1.66. The molecule has 2 heterocycles. The van der Waals surface area contributed by atoms with Gasteiger partial charge in [0.2, 0.25) is 6.79 Å². The Kier molecular flexibility index (Phi) is 4.26. The molecule has 0 atom stereocenters. The lowest BCUT2D eigenvalue weighted by atomic mass is 10.2. The first-order valence-electron chi connectivity index (χ1n) is 7.15. The Morgan fingerprint density at radius 2 is 2.00 bits per heavy atom. The average Bonchev–Trinajstić information content (AvgIpc) is 3.15. The van der Waals surface area contributed by atoms with Crippen LogP contribution in [0.1, 0.15) is 5.56 Å². The summed E-state index contributed by atoms with van der Waals surface area (Å²) in [5.74, 6) is 0.637. The third-order valence-corrected chi connectivity index (χ3v) is 5.56. The molecule has 1 fully saturated rings. The van der Waals surface area contributed by atoms with E-state index < -0.39 is 0 Å².